The normalized spacial score (nSPS) is 22.0. The molecule has 0 bridgehead atoms. The van der Waals surface area contributed by atoms with Gasteiger partial charge in [-0.3, -0.25) is 9.59 Å². The molecular weight excluding hydrogens is 492 g/mol. The lowest BCUT2D eigenvalue weighted by Gasteiger charge is -2.49. The third-order valence-corrected chi connectivity index (χ3v) is 8.17. The summed E-state index contributed by atoms with van der Waals surface area (Å²) < 4.78 is 0. The lowest BCUT2D eigenvalue weighted by molar-refractivity contribution is -0.127. The van der Waals surface area contributed by atoms with Crippen molar-refractivity contribution in [3.8, 4) is 0 Å². The van der Waals surface area contributed by atoms with E-state index < -0.39 is 0 Å². The minimum atomic E-state index is -0.321. The number of nitrogens with zero attached hydrogens (tertiary/aromatic N) is 2. The van der Waals surface area contributed by atoms with Crippen LogP contribution in [-0.4, -0.2) is 11.8 Å². The molecule has 4 nitrogen and oxygen atoms in total. The SMILES string of the molecule is O=C1C(c2cccc(C3C(=O)N(c4ccccc4)C3c3ccccc3)c2)C(c2ccccc2)N1c1ccccc1. The molecular formula is C36H28N2O2. The molecule has 4 atom stereocenters. The fourth-order valence-corrected chi connectivity index (χ4v) is 6.31. The Morgan fingerprint density at radius 2 is 0.700 bits per heavy atom. The van der Waals surface area contributed by atoms with Crippen LogP contribution in [0.15, 0.2) is 146 Å². The average Bonchev–Trinajstić information content (AvgIpc) is 3.01. The van der Waals surface area contributed by atoms with Crippen molar-refractivity contribution in [2.24, 2.45) is 0 Å². The molecule has 194 valence electrons. The number of anilines is 2. The van der Waals surface area contributed by atoms with Gasteiger partial charge in [0.15, 0.2) is 0 Å². The largest absolute Gasteiger partial charge is 0.303 e. The molecule has 2 saturated heterocycles. The second kappa shape index (κ2) is 9.97. The van der Waals surface area contributed by atoms with Crippen molar-refractivity contribution in [3.05, 3.63) is 168 Å². The maximum Gasteiger partial charge on any atom is 0.237 e. The van der Waals surface area contributed by atoms with Gasteiger partial charge in [0.1, 0.15) is 0 Å². The lowest BCUT2D eigenvalue weighted by Crippen LogP contribution is -2.54. The second-order valence-corrected chi connectivity index (χ2v) is 10.4. The van der Waals surface area contributed by atoms with Gasteiger partial charge in [-0.05, 0) is 46.5 Å². The number of carbonyl (C=O) groups excluding carboxylic acids is 2. The molecule has 4 unspecified atom stereocenters. The fourth-order valence-electron chi connectivity index (χ4n) is 6.31. The van der Waals surface area contributed by atoms with Crippen molar-refractivity contribution in [2.45, 2.75) is 23.9 Å². The Hall–Kier alpha value is -4.96. The number of benzene rings is 5. The van der Waals surface area contributed by atoms with Crippen LogP contribution in [0.3, 0.4) is 0 Å². The Kier molecular flexibility index (Phi) is 6.01. The van der Waals surface area contributed by atoms with Crippen molar-refractivity contribution in [1.82, 2.24) is 0 Å². The highest BCUT2D eigenvalue weighted by molar-refractivity contribution is 6.08. The van der Waals surface area contributed by atoms with Gasteiger partial charge in [-0.25, -0.2) is 0 Å². The topological polar surface area (TPSA) is 40.6 Å². The molecule has 5 aromatic rings. The van der Waals surface area contributed by atoms with Gasteiger partial charge in [0.25, 0.3) is 0 Å². The van der Waals surface area contributed by atoms with Crippen molar-refractivity contribution in [3.63, 3.8) is 0 Å². The summed E-state index contributed by atoms with van der Waals surface area (Å²) in [6.07, 6.45) is 0. The van der Waals surface area contributed by atoms with E-state index in [1.807, 2.05) is 125 Å². The van der Waals surface area contributed by atoms with E-state index >= 15 is 0 Å². The van der Waals surface area contributed by atoms with Gasteiger partial charge >= 0.3 is 0 Å². The third kappa shape index (κ3) is 3.92. The number of hydrogen-bond acceptors (Lipinski definition) is 2. The first-order valence-corrected chi connectivity index (χ1v) is 13.7. The van der Waals surface area contributed by atoms with Gasteiger partial charge in [0, 0.05) is 11.4 Å². The summed E-state index contributed by atoms with van der Waals surface area (Å²) >= 11 is 0. The molecule has 2 fully saturated rings. The van der Waals surface area contributed by atoms with Gasteiger partial charge in [0.05, 0.1) is 23.9 Å². The molecule has 2 aliphatic heterocycles. The number of para-hydroxylation sites is 2. The van der Waals surface area contributed by atoms with E-state index in [0.717, 1.165) is 33.6 Å². The van der Waals surface area contributed by atoms with Gasteiger partial charge in [-0.1, -0.05) is 121 Å². The zero-order chi connectivity index (χ0) is 27.1. The Balaban J connectivity index is 1.27. The maximum absolute atomic E-state index is 13.7. The fraction of sp³-hybridized carbons (Fsp3) is 0.111. The highest BCUT2D eigenvalue weighted by atomic mass is 16.2. The van der Waals surface area contributed by atoms with E-state index in [2.05, 4.69) is 30.3 Å². The molecule has 7 rings (SSSR count). The zero-order valence-electron chi connectivity index (χ0n) is 21.9. The molecule has 40 heavy (non-hydrogen) atoms. The molecule has 0 radical (unpaired) electrons. The summed E-state index contributed by atoms with van der Waals surface area (Å²) in [6, 6.07) is 48.0. The quantitative estimate of drug-likeness (QED) is 0.219. The second-order valence-electron chi connectivity index (χ2n) is 10.4. The van der Waals surface area contributed by atoms with Gasteiger partial charge in [-0.15, -0.1) is 0 Å². The molecule has 4 heteroatoms. The zero-order valence-corrected chi connectivity index (χ0v) is 21.9. The van der Waals surface area contributed by atoms with Crippen LogP contribution in [0.4, 0.5) is 11.4 Å². The summed E-state index contributed by atoms with van der Waals surface area (Å²) in [5.74, 6) is -0.499. The summed E-state index contributed by atoms with van der Waals surface area (Å²) in [5.41, 5.74) is 5.87. The minimum Gasteiger partial charge on any atom is -0.303 e. The van der Waals surface area contributed by atoms with Crippen LogP contribution in [0.2, 0.25) is 0 Å². The van der Waals surface area contributed by atoms with Crippen LogP contribution in [0.5, 0.6) is 0 Å². The van der Waals surface area contributed by atoms with Crippen LogP contribution in [0.1, 0.15) is 46.2 Å². The van der Waals surface area contributed by atoms with Gasteiger partial charge in [0.2, 0.25) is 11.8 Å². The Bertz CT molecular complexity index is 1530. The van der Waals surface area contributed by atoms with E-state index in [0.29, 0.717) is 0 Å². The Labute approximate surface area is 234 Å². The first kappa shape index (κ1) is 24.1. The summed E-state index contributed by atoms with van der Waals surface area (Å²) in [4.78, 5) is 31.3. The van der Waals surface area contributed by atoms with Crippen molar-refractivity contribution in [1.29, 1.82) is 0 Å². The molecule has 0 aromatic heterocycles. The molecule has 5 aromatic carbocycles. The predicted molar refractivity (Wildman–Crippen MR) is 158 cm³/mol. The molecule has 0 N–H and O–H groups in total. The molecule has 0 aliphatic carbocycles. The molecule has 0 saturated carbocycles. The molecule has 2 heterocycles. The van der Waals surface area contributed by atoms with Crippen LogP contribution in [0, 0.1) is 0 Å². The highest BCUT2D eigenvalue weighted by Gasteiger charge is 2.52. The number of amides is 2. The van der Waals surface area contributed by atoms with E-state index in [4.69, 9.17) is 0 Å². The van der Waals surface area contributed by atoms with E-state index in [1.165, 1.54) is 0 Å². The third-order valence-electron chi connectivity index (χ3n) is 8.17. The molecule has 2 amide bonds. The van der Waals surface area contributed by atoms with Gasteiger partial charge < -0.3 is 9.80 Å². The van der Waals surface area contributed by atoms with Crippen LogP contribution >= 0.6 is 0 Å². The molecule has 2 aliphatic rings. The summed E-state index contributed by atoms with van der Waals surface area (Å²) in [6.45, 7) is 0. The van der Waals surface area contributed by atoms with Crippen LogP contribution in [0.25, 0.3) is 0 Å². The van der Waals surface area contributed by atoms with Crippen LogP contribution < -0.4 is 9.80 Å². The number of rotatable bonds is 6. The van der Waals surface area contributed by atoms with E-state index in [9.17, 15) is 9.59 Å². The first-order valence-electron chi connectivity index (χ1n) is 13.7. The number of β-lactam (4-membered cyclic amide) rings is 2. The van der Waals surface area contributed by atoms with E-state index in [1.54, 1.807) is 0 Å². The standard InChI is InChI=1S/C36H28N2O2/c39-35-31(33(25-14-5-1-6-15-25)37(35)29-20-9-3-10-21-29)27-18-13-19-28(24-27)32-34(26-16-7-2-8-17-26)38(36(32)40)30-22-11-4-12-23-30/h1-24,31-34H. The maximum atomic E-state index is 13.7. The Morgan fingerprint density at radius 3 is 1.07 bits per heavy atom. The monoisotopic (exact) mass is 520 g/mol. The Morgan fingerprint density at radius 1 is 0.375 bits per heavy atom. The van der Waals surface area contributed by atoms with Crippen molar-refractivity contribution in [2.75, 3.05) is 9.80 Å². The smallest absolute Gasteiger partial charge is 0.237 e. The predicted octanol–water partition coefficient (Wildman–Crippen LogP) is 7.43. The summed E-state index contributed by atoms with van der Waals surface area (Å²) in [5, 5.41) is 0. The van der Waals surface area contributed by atoms with E-state index in [-0.39, 0.29) is 35.7 Å². The average molecular weight is 521 g/mol. The minimum absolute atomic E-state index is 0.0719. The highest BCUT2D eigenvalue weighted by Crippen LogP contribution is 2.52. The van der Waals surface area contributed by atoms with Crippen molar-refractivity contribution >= 4 is 23.2 Å². The van der Waals surface area contributed by atoms with Gasteiger partial charge in [-0.2, -0.15) is 0 Å². The molecule has 0 spiro atoms. The van der Waals surface area contributed by atoms with Crippen molar-refractivity contribution < 1.29 is 9.59 Å². The summed E-state index contributed by atoms with van der Waals surface area (Å²) in [7, 11) is 0. The number of hydrogen-bond donors (Lipinski definition) is 0. The number of carbonyl (C=O) groups is 2. The first-order chi connectivity index (χ1) is 19.7. The lowest BCUT2D eigenvalue weighted by atomic mass is 9.74. The van der Waals surface area contributed by atoms with Crippen LogP contribution in [-0.2, 0) is 9.59 Å².